The van der Waals surface area contributed by atoms with E-state index in [1.165, 1.54) is 37.3 Å². The molecule has 0 aromatic heterocycles. The number of benzene rings is 2. The average Bonchev–Trinajstić information content (AvgIpc) is 2.64. The first kappa shape index (κ1) is 20.9. The highest BCUT2D eigenvalue weighted by Crippen LogP contribution is 2.29. The number of amides is 1. The van der Waals surface area contributed by atoms with Crippen molar-refractivity contribution in [1.82, 2.24) is 0 Å². The molecule has 2 rings (SSSR count). The van der Waals surface area contributed by atoms with Gasteiger partial charge in [-0.15, -0.1) is 0 Å². The van der Waals surface area contributed by atoms with Crippen molar-refractivity contribution < 1.29 is 32.3 Å². The van der Waals surface area contributed by atoms with Gasteiger partial charge in [-0.2, -0.15) is 13.2 Å². The van der Waals surface area contributed by atoms with E-state index in [4.69, 9.17) is 4.74 Å². The first-order valence-electron chi connectivity index (χ1n) is 8.08. The molecule has 0 spiro atoms. The highest BCUT2D eigenvalue weighted by Gasteiger charge is 2.29. The Kier molecular flexibility index (Phi) is 6.70. The quantitative estimate of drug-likeness (QED) is 0.457. The van der Waals surface area contributed by atoms with Gasteiger partial charge in [0.05, 0.1) is 5.56 Å². The second-order valence-corrected chi connectivity index (χ2v) is 5.74. The Morgan fingerprint density at radius 2 is 1.61 bits per heavy atom. The summed E-state index contributed by atoms with van der Waals surface area (Å²) in [5.74, 6) is -1.48. The van der Waals surface area contributed by atoms with Crippen LogP contribution in [0.2, 0.25) is 0 Å². The SMILES string of the molecule is CC(=O)Nc1ccc(C(=O)COC(=O)/C=C/c2ccc(C(F)(F)F)cc2)cc1. The molecule has 0 fully saturated rings. The summed E-state index contributed by atoms with van der Waals surface area (Å²) < 4.78 is 42.3. The van der Waals surface area contributed by atoms with Crippen molar-refractivity contribution in [2.75, 3.05) is 11.9 Å². The maximum absolute atomic E-state index is 12.5. The van der Waals surface area contributed by atoms with E-state index in [2.05, 4.69) is 5.32 Å². The van der Waals surface area contributed by atoms with E-state index < -0.39 is 30.1 Å². The molecule has 0 atom stereocenters. The number of nitrogens with one attached hydrogen (secondary N) is 1. The largest absolute Gasteiger partial charge is 0.454 e. The second-order valence-electron chi connectivity index (χ2n) is 5.74. The molecular weight excluding hydrogens is 375 g/mol. The fraction of sp³-hybridized carbons (Fsp3) is 0.150. The van der Waals surface area contributed by atoms with Crippen LogP contribution in [0.1, 0.15) is 28.4 Å². The second kappa shape index (κ2) is 8.98. The van der Waals surface area contributed by atoms with Gasteiger partial charge in [0.15, 0.2) is 12.4 Å². The zero-order valence-corrected chi connectivity index (χ0v) is 14.7. The number of alkyl halides is 3. The van der Waals surface area contributed by atoms with Crippen LogP contribution in [0.4, 0.5) is 18.9 Å². The van der Waals surface area contributed by atoms with Crippen molar-refractivity contribution in [3.8, 4) is 0 Å². The summed E-state index contributed by atoms with van der Waals surface area (Å²) >= 11 is 0. The van der Waals surface area contributed by atoms with Gasteiger partial charge >= 0.3 is 12.1 Å². The number of rotatable bonds is 6. The number of hydrogen-bond donors (Lipinski definition) is 1. The maximum atomic E-state index is 12.5. The summed E-state index contributed by atoms with van der Waals surface area (Å²) in [4.78, 5) is 34.6. The van der Waals surface area contributed by atoms with Gasteiger partial charge in [-0.3, -0.25) is 9.59 Å². The molecule has 8 heteroatoms. The number of carbonyl (C=O) groups excluding carboxylic acids is 3. The highest BCUT2D eigenvalue weighted by atomic mass is 19.4. The molecule has 5 nitrogen and oxygen atoms in total. The number of esters is 1. The van der Waals surface area contributed by atoms with Crippen LogP contribution in [0, 0.1) is 0 Å². The third kappa shape index (κ3) is 6.39. The van der Waals surface area contributed by atoms with E-state index in [-0.39, 0.29) is 5.91 Å². The summed E-state index contributed by atoms with van der Waals surface area (Å²) in [7, 11) is 0. The molecule has 0 heterocycles. The summed E-state index contributed by atoms with van der Waals surface area (Å²) in [6, 6.07) is 10.3. The lowest BCUT2D eigenvalue weighted by Gasteiger charge is -2.06. The summed E-state index contributed by atoms with van der Waals surface area (Å²) in [5, 5.41) is 2.56. The molecule has 0 saturated carbocycles. The van der Waals surface area contributed by atoms with Gasteiger partial charge in [-0.05, 0) is 48.0 Å². The molecule has 0 aliphatic carbocycles. The van der Waals surface area contributed by atoms with Gasteiger partial charge in [0.25, 0.3) is 0 Å². The number of ketones is 1. The smallest absolute Gasteiger partial charge is 0.416 e. The minimum Gasteiger partial charge on any atom is -0.454 e. The zero-order chi connectivity index (χ0) is 20.7. The zero-order valence-electron chi connectivity index (χ0n) is 14.7. The predicted molar refractivity (Wildman–Crippen MR) is 96.5 cm³/mol. The van der Waals surface area contributed by atoms with Crippen LogP contribution < -0.4 is 5.32 Å². The normalized spacial score (nSPS) is 11.3. The van der Waals surface area contributed by atoms with E-state index in [1.54, 1.807) is 12.1 Å². The Hall–Kier alpha value is -3.42. The molecule has 0 saturated heterocycles. The van der Waals surface area contributed by atoms with Gasteiger partial charge < -0.3 is 10.1 Å². The van der Waals surface area contributed by atoms with E-state index in [0.29, 0.717) is 16.8 Å². The van der Waals surface area contributed by atoms with Gasteiger partial charge in [-0.25, -0.2) is 4.79 Å². The molecule has 146 valence electrons. The molecule has 2 aromatic rings. The Balaban J connectivity index is 1.86. The van der Waals surface area contributed by atoms with Crippen LogP contribution in [-0.2, 0) is 20.5 Å². The van der Waals surface area contributed by atoms with Gasteiger partial charge in [-0.1, -0.05) is 12.1 Å². The Labute approximate surface area is 158 Å². The molecule has 0 aliphatic rings. The number of ether oxygens (including phenoxy) is 1. The van der Waals surface area contributed by atoms with Crippen molar-refractivity contribution in [3.63, 3.8) is 0 Å². The van der Waals surface area contributed by atoms with Crippen molar-refractivity contribution in [3.05, 3.63) is 71.3 Å². The monoisotopic (exact) mass is 391 g/mol. The lowest BCUT2D eigenvalue weighted by molar-refractivity contribution is -0.138. The predicted octanol–water partition coefficient (Wildman–Crippen LogP) is 4.10. The minimum absolute atomic E-state index is 0.243. The number of anilines is 1. The minimum atomic E-state index is -4.43. The van der Waals surface area contributed by atoms with Crippen molar-refractivity contribution >= 4 is 29.4 Å². The molecule has 0 bridgehead atoms. The number of Topliss-reactive ketones (excluding diaryl/α,β-unsaturated/α-hetero) is 1. The van der Waals surface area contributed by atoms with E-state index in [0.717, 1.165) is 18.2 Å². The third-order valence-corrected chi connectivity index (χ3v) is 3.52. The number of carbonyl (C=O) groups is 3. The third-order valence-electron chi connectivity index (χ3n) is 3.52. The molecule has 1 amide bonds. The molecule has 0 radical (unpaired) electrons. The summed E-state index contributed by atoms with van der Waals surface area (Å²) in [5.41, 5.74) is 0.418. The van der Waals surface area contributed by atoms with Crippen LogP contribution in [0.15, 0.2) is 54.6 Å². The Morgan fingerprint density at radius 1 is 1.00 bits per heavy atom. The van der Waals surface area contributed by atoms with Gasteiger partial charge in [0.1, 0.15) is 0 Å². The molecule has 0 unspecified atom stereocenters. The fourth-order valence-corrected chi connectivity index (χ4v) is 2.16. The first-order valence-corrected chi connectivity index (χ1v) is 8.08. The van der Waals surface area contributed by atoms with Crippen molar-refractivity contribution in [2.45, 2.75) is 13.1 Å². The average molecular weight is 391 g/mol. The van der Waals surface area contributed by atoms with Crippen molar-refractivity contribution in [2.24, 2.45) is 0 Å². The summed E-state index contributed by atoms with van der Waals surface area (Å²) in [6.45, 7) is 0.867. The number of hydrogen-bond acceptors (Lipinski definition) is 4. The molecular formula is C20H16F3NO4. The summed E-state index contributed by atoms with van der Waals surface area (Å²) in [6.07, 6.45) is -2.12. The lowest BCUT2D eigenvalue weighted by Crippen LogP contribution is -2.13. The van der Waals surface area contributed by atoms with E-state index in [1.807, 2.05) is 0 Å². The fourth-order valence-electron chi connectivity index (χ4n) is 2.16. The van der Waals surface area contributed by atoms with Crippen LogP contribution in [-0.4, -0.2) is 24.3 Å². The Morgan fingerprint density at radius 3 is 2.14 bits per heavy atom. The lowest BCUT2D eigenvalue weighted by atomic mass is 10.1. The van der Waals surface area contributed by atoms with E-state index in [9.17, 15) is 27.6 Å². The highest BCUT2D eigenvalue weighted by molar-refractivity contribution is 5.99. The van der Waals surface area contributed by atoms with Gasteiger partial charge in [0.2, 0.25) is 5.91 Å². The molecule has 2 aromatic carbocycles. The molecule has 0 aliphatic heterocycles. The Bertz CT molecular complexity index is 885. The first-order chi connectivity index (χ1) is 13.1. The number of halogens is 3. The van der Waals surface area contributed by atoms with Gasteiger partial charge in [0, 0.05) is 24.3 Å². The van der Waals surface area contributed by atoms with Crippen LogP contribution >= 0.6 is 0 Å². The van der Waals surface area contributed by atoms with Crippen LogP contribution in [0.3, 0.4) is 0 Å². The van der Waals surface area contributed by atoms with Crippen LogP contribution in [0.25, 0.3) is 6.08 Å². The van der Waals surface area contributed by atoms with E-state index >= 15 is 0 Å². The van der Waals surface area contributed by atoms with Crippen molar-refractivity contribution in [1.29, 1.82) is 0 Å². The topological polar surface area (TPSA) is 72.5 Å². The standard InChI is InChI=1S/C20H16F3NO4/c1-13(25)24-17-9-5-15(6-10-17)18(26)12-28-19(27)11-4-14-2-7-16(8-3-14)20(21,22)23/h2-11H,12H2,1H3,(H,24,25)/b11-4+. The maximum Gasteiger partial charge on any atom is 0.416 e. The molecule has 1 N–H and O–H groups in total. The van der Waals surface area contributed by atoms with Crippen LogP contribution in [0.5, 0.6) is 0 Å². The molecule has 28 heavy (non-hydrogen) atoms.